The van der Waals surface area contributed by atoms with Gasteiger partial charge >= 0.3 is 6.18 Å². The van der Waals surface area contributed by atoms with Gasteiger partial charge in [0.1, 0.15) is 5.82 Å². The fourth-order valence-electron chi connectivity index (χ4n) is 3.88. The van der Waals surface area contributed by atoms with Gasteiger partial charge in [-0.3, -0.25) is 14.4 Å². The first-order chi connectivity index (χ1) is 15.6. The molecule has 0 radical (unpaired) electrons. The Bertz CT molecular complexity index is 1090. The Labute approximate surface area is 198 Å². The topological polar surface area (TPSA) is 29.2 Å². The molecule has 1 unspecified atom stereocenters. The van der Waals surface area contributed by atoms with Crippen LogP contribution in [-0.4, -0.2) is 45.3 Å². The number of hydrogen-bond acceptors (Lipinski definition) is 4. The number of aromatic nitrogens is 3. The third-order valence-electron chi connectivity index (χ3n) is 5.55. The van der Waals surface area contributed by atoms with Crippen LogP contribution in [0, 0.1) is 4.77 Å². The van der Waals surface area contributed by atoms with Crippen LogP contribution in [0.3, 0.4) is 0 Å². The van der Waals surface area contributed by atoms with Crippen LogP contribution in [0.25, 0.3) is 0 Å². The summed E-state index contributed by atoms with van der Waals surface area (Å²) in [5.41, 5.74) is 1.29. The Morgan fingerprint density at radius 3 is 2.15 bits per heavy atom. The van der Waals surface area contributed by atoms with Crippen LogP contribution in [0.1, 0.15) is 41.9 Å². The predicted molar refractivity (Wildman–Crippen MR) is 126 cm³/mol. The van der Waals surface area contributed by atoms with E-state index >= 15 is 0 Å². The largest absolute Gasteiger partial charge is 0.416 e. The van der Waals surface area contributed by atoms with Crippen LogP contribution in [0.4, 0.5) is 13.2 Å². The van der Waals surface area contributed by atoms with Crippen LogP contribution in [0.5, 0.6) is 0 Å². The smallest absolute Gasteiger partial charge is 0.300 e. The molecule has 0 amide bonds. The summed E-state index contributed by atoms with van der Waals surface area (Å²) in [7, 11) is 5.96. The first-order valence-electron chi connectivity index (χ1n) is 10.8. The molecular weight excluding hydrogens is 447 g/mol. The highest BCUT2D eigenvalue weighted by molar-refractivity contribution is 7.71. The van der Waals surface area contributed by atoms with E-state index < -0.39 is 11.7 Å². The maximum atomic E-state index is 12.8. The average molecular weight is 478 g/mol. The number of rotatable bonds is 9. The van der Waals surface area contributed by atoms with Crippen LogP contribution in [0.2, 0.25) is 0 Å². The Kier molecular flexibility index (Phi) is 8.10. The van der Waals surface area contributed by atoms with Gasteiger partial charge in [0.2, 0.25) is 0 Å². The molecule has 0 saturated heterocycles. The van der Waals surface area contributed by atoms with Crippen LogP contribution in [0.15, 0.2) is 54.6 Å². The van der Waals surface area contributed by atoms with Gasteiger partial charge in [0.15, 0.2) is 4.77 Å². The highest BCUT2D eigenvalue weighted by Gasteiger charge is 2.30. The number of benzene rings is 2. The minimum atomic E-state index is -4.33. The zero-order valence-corrected chi connectivity index (χ0v) is 20.2. The Hall–Kier alpha value is -2.49. The molecule has 3 rings (SSSR count). The van der Waals surface area contributed by atoms with Crippen molar-refractivity contribution in [1.29, 1.82) is 0 Å². The van der Waals surface area contributed by atoms with E-state index in [0.29, 0.717) is 24.5 Å². The lowest BCUT2D eigenvalue weighted by Crippen LogP contribution is -2.24. The fourth-order valence-corrected chi connectivity index (χ4v) is 4.14. The third-order valence-corrected chi connectivity index (χ3v) is 5.98. The molecule has 1 aromatic heterocycles. The zero-order valence-electron chi connectivity index (χ0n) is 19.4. The summed E-state index contributed by atoms with van der Waals surface area (Å²) in [4.78, 5) is 4.12. The van der Waals surface area contributed by atoms with Crippen molar-refractivity contribution in [3.8, 4) is 0 Å². The summed E-state index contributed by atoms with van der Waals surface area (Å²) >= 11 is 5.80. The number of alkyl halides is 3. The lowest BCUT2D eigenvalue weighted by atomic mass is 10.1. The lowest BCUT2D eigenvalue weighted by Gasteiger charge is -2.22. The van der Waals surface area contributed by atoms with Crippen molar-refractivity contribution >= 4 is 12.2 Å². The van der Waals surface area contributed by atoms with E-state index in [1.807, 2.05) is 44.2 Å². The summed E-state index contributed by atoms with van der Waals surface area (Å²) in [6.45, 7) is 3.66. The van der Waals surface area contributed by atoms with Crippen molar-refractivity contribution in [2.24, 2.45) is 0 Å². The standard InChI is InChI=1S/C24H30F3N5S/c1-5-21(29(2)3)22-28-32(23(33)31(22)16-18-9-7-6-8-10-18)17-30(4)15-19-11-13-20(14-12-19)24(25,26)27/h6-14,21H,5,15-17H2,1-4H3. The fraction of sp³-hybridized carbons (Fsp3) is 0.417. The molecule has 0 fully saturated rings. The molecule has 5 nitrogen and oxygen atoms in total. The van der Waals surface area contributed by atoms with Gasteiger partial charge in [-0.05, 0) is 63.0 Å². The zero-order chi connectivity index (χ0) is 24.2. The molecule has 178 valence electrons. The van der Waals surface area contributed by atoms with E-state index in [0.717, 1.165) is 35.5 Å². The van der Waals surface area contributed by atoms with Crippen molar-refractivity contribution < 1.29 is 13.2 Å². The van der Waals surface area contributed by atoms with E-state index in [1.165, 1.54) is 12.1 Å². The maximum absolute atomic E-state index is 12.8. The quantitative estimate of drug-likeness (QED) is 0.376. The molecule has 9 heteroatoms. The summed E-state index contributed by atoms with van der Waals surface area (Å²) < 4.78 is 43.0. The Balaban J connectivity index is 1.84. The molecule has 0 aliphatic rings. The van der Waals surface area contributed by atoms with Gasteiger partial charge in [-0.1, -0.05) is 49.4 Å². The van der Waals surface area contributed by atoms with Gasteiger partial charge in [-0.15, -0.1) is 0 Å². The van der Waals surface area contributed by atoms with Crippen molar-refractivity contribution in [3.05, 3.63) is 81.9 Å². The average Bonchev–Trinajstić information content (AvgIpc) is 3.04. The van der Waals surface area contributed by atoms with Gasteiger partial charge in [-0.25, -0.2) is 4.68 Å². The first kappa shape index (κ1) is 25.1. The van der Waals surface area contributed by atoms with Gasteiger partial charge in [0.05, 0.1) is 24.8 Å². The normalized spacial score (nSPS) is 13.1. The molecule has 0 aliphatic carbocycles. The number of halogens is 3. The molecule has 33 heavy (non-hydrogen) atoms. The van der Waals surface area contributed by atoms with Gasteiger partial charge in [0, 0.05) is 6.54 Å². The molecule has 1 atom stereocenters. The van der Waals surface area contributed by atoms with Crippen molar-refractivity contribution in [2.75, 3.05) is 21.1 Å². The maximum Gasteiger partial charge on any atom is 0.416 e. The van der Waals surface area contributed by atoms with Crippen molar-refractivity contribution in [3.63, 3.8) is 0 Å². The minimum absolute atomic E-state index is 0.108. The van der Waals surface area contributed by atoms with E-state index in [1.54, 1.807) is 4.68 Å². The Morgan fingerprint density at radius 1 is 0.970 bits per heavy atom. The highest BCUT2D eigenvalue weighted by atomic mass is 32.1. The summed E-state index contributed by atoms with van der Waals surface area (Å²) in [5.74, 6) is 0.902. The molecule has 0 aliphatic heterocycles. The second-order valence-corrected chi connectivity index (χ2v) is 8.82. The van der Waals surface area contributed by atoms with Gasteiger partial charge < -0.3 is 0 Å². The summed E-state index contributed by atoms with van der Waals surface area (Å²) in [6, 6.07) is 15.5. The monoisotopic (exact) mass is 477 g/mol. The second kappa shape index (κ2) is 10.6. The first-order valence-corrected chi connectivity index (χ1v) is 11.2. The van der Waals surface area contributed by atoms with Gasteiger partial charge in [-0.2, -0.15) is 18.3 Å². The minimum Gasteiger partial charge on any atom is -0.300 e. The molecular formula is C24H30F3N5S. The van der Waals surface area contributed by atoms with Gasteiger partial charge in [0.25, 0.3) is 0 Å². The van der Waals surface area contributed by atoms with Crippen LogP contribution < -0.4 is 0 Å². The molecule has 2 aromatic carbocycles. The number of nitrogens with zero attached hydrogens (tertiary/aromatic N) is 5. The summed E-state index contributed by atoms with van der Waals surface area (Å²) in [6.07, 6.45) is -3.45. The molecule has 1 heterocycles. The molecule has 3 aromatic rings. The molecule has 0 spiro atoms. The van der Waals surface area contributed by atoms with E-state index in [-0.39, 0.29) is 6.04 Å². The van der Waals surface area contributed by atoms with Crippen molar-refractivity contribution in [1.82, 2.24) is 24.1 Å². The highest BCUT2D eigenvalue weighted by Crippen LogP contribution is 2.29. The Morgan fingerprint density at radius 2 is 1.61 bits per heavy atom. The van der Waals surface area contributed by atoms with E-state index in [9.17, 15) is 13.2 Å². The molecule has 0 saturated carbocycles. The van der Waals surface area contributed by atoms with Crippen LogP contribution in [-0.2, 0) is 25.9 Å². The summed E-state index contributed by atoms with van der Waals surface area (Å²) in [5, 5.41) is 4.87. The van der Waals surface area contributed by atoms with Crippen LogP contribution >= 0.6 is 12.2 Å². The molecule has 0 bridgehead atoms. The second-order valence-electron chi connectivity index (χ2n) is 8.45. The van der Waals surface area contributed by atoms with Crippen molar-refractivity contribution in [2.45, 2.75) is 45.3 Å². The van der Waals surface area contributed by atoms with E-state index in [2.05, 4.69) is 28.5 Å². The molecule has 0 N–H and O–H groups in total. The van der Waals surface area contributed by atoms with E-state index in [4.69, 9.17) is 17.3 Å². The predicted octanol–water partition coefficient (Wildman–Crippen LogP) is 5.58. The number of hydrogen-bond donors (Lipinski definition) is 0. The SMILES string of the molecule is CCC(c1nn(CN(C)Cc2ccc(C(F)(F)F)cc2)c(=S)n1Cc1ccccc1)N(C)C. The lowest BCUT2D eigenvalue weighted by molar-refractivity contribution is -0.137. The third kappa shape index (κ3) is 6.31.